The van der Waals surface area contributed by atoms with Crippen LogP contribution in [-0.2, 0) is 11.8 Å². The summed E-state index contributed by atoms with van der Waals surface area (Å²) in [5.41, 5.74) is 12.7. The van der Waals surface area contributed by atoms with Crippen LogP contribution in [0.5, 0.6) is 0 Å². The molecular formula is C45H41N3O. The molecule has 0 fully saturated rings. The lowest BCUT2D eigenvalue weighted by atomic mass is 9.82. The van der Waals surface area contributed by atoms with Gasteiger partial charge in [0.2, 0.25) is 5.71 Å². The summed E-state index contributed by atoms with van der Waals surface area (Å²) in [7, 11) is 0. The van der Waals surface area contributed by atoms with Crippen molar-refractivity contribution in [3.05, 3.63) is 139 Å². The second kappa shape index (κ2) is 11.6. The summed E-state index contributed by atoms with van der Waals surface area (Å²) in [5.74, 6) is 0.882. The van der Waals surface area contributed by atoms with Crippen molar-refractivity contribution in [1.29, 1.82) is 0 Å². The first-order valence-corrected chi connectivity index (χ1v) is 17.1. The fourth-order valence-electron chi connectivity index (χ4n) is 6.91. The van der Waals surface area contributed by atoms with Crippen LogP contribution in [-0.4, -0.2) is 14.5 Å². The summed E-state index contributed by atoms with van der Waals surface area (Å²) in [4.78, 5) is 10.3. The molecular weight excluding hydrogens is 599 g/mol. The summed E-state index contributed by atoms with van der Waals surface area (Å²) < 4.78 is 8.70. The molecule has 0 aliphatic carbocycles. The maximum Gasteiger partial charge on any atom is 0.227 e. The molecule has 0 amide bonds. The number of furan rings is 1. The number of fused-ring (bicyclic) bond motifs is 4. The van der Waals surface area contributed by atoms with Crippen molar-refractivity contribution in [2.24, 2.45) is 5.41 Å². The van der Waals surface area contributed by atoms with Crippen molar-refractivity contribution >= 4 is 33.1 Å². The first-order chi connectivity index (χ1) is 23.5. The van der Waals surface area contributed by atoms with Gasteiger partial charge in [0.1, 0.15) is 11.4 Å². The summed E-state index contributed by atoms with van der Waals surface area (Å²) >= 11 is 0. The van der Waals surface area contributed by atoms with E-state index in [1.807, 2.05) is 0 Å². The van der Waals surface area contributed by atoms with Gasteiger partial charge in [0.05, 0.1) is 16.7 Å². The van der Waals surface area contributed by atoms with Gasteiger partial charge in [-0.2, -0.15) is 0 Å². The first kappa shape index (κ1) is 30.8. The number of rotatable bonds is 5. The predicted octanol–water partition coefficient (Wildman–Crippen LogP) is 12.2. The van der Waals surface area contributed by atoms with Gasteiger partial charge in [0.25, 0.3) is 0 Å². The minimum atomic E-state index is -0.0560. The quantitative estimate of drug-likeness (QED) is 0.188. The predicted molar refractivity (Wildman–Crippen MR) is 204 cm³/mol. The highest BCUT2D eigenvalue weighted by Crippen LogP contribution is 2.43. The van der Waals surface area contributed by atoms with Gasteiger partial charge in [-0.25, -0.2) is 9.97 Å². The largest absolute Gasteiger partial charge is 0.438 e. The molecule has 4 heteroatoms. The Morgan fingerprint density at radius 3 is 1.86 bits per heavy atom. The van der Waals surface area contributed by atoms with E-state index in [1.54, 1.807) is 0 Å². The third-order valence-electron chi connectivity index (χ3n) is 9.29. The zero-order valence-corrected chi connectivity index (χ0v) is 29.1. The Morgan fingerprint density at radius 1 is 0.592 bits per heavy atom. The van der Waals surface area contributed by atoms with Crippen molar-refractivity contribution in [2.45, 2.75) is 53.4 Å². The van der Waals surface area contributed by atoms with Crippen LogP contribution in [0.1, 0.15) is 52.8 Å². The average molecular weight is 640 g/mol. The molecule has 0 bridgehead atoms. The van der Waals surface area contributed by atoms with Gasteiger partial charge in [-0.1, -0.05) is 114 Å². The second-order valence-electron chi connectivity index (χ2n) is 15.4. The highest BCUT2D eigenvalue weighted by molar-refractivity contribution is 6.05. The molecule has 0 saturated heterocycles. The van der Waals surface area contributed by atoms with Gasteiger partial charge in [0, 0.05) is 33.2 Å². The number of nitrogens with zero attached hydrogens (tertiary/aromatic N) is 3. The van der Waals surface area contributed by atoms with Crippen LogP contribution in [0.3, 0.4) is 0 Å². The topological polar surface area (TPSA) is 43.9 Å². The summed E-state index contributed by atoms with van der Waals surface area (Å²) in [6.45, 7) is 13.6. The third kappa shape index (κ3) is 5.72. The Bertz CT molecular complexity index is 2410. The van der Waals surface area contributed by atoms with Gasteiger partial charge in [0.15, 0.2) is 0 Å². The van der Waals surface area contributed by atoms with E-state index in [-0.39, 0.29) is 10.8 Å². The molecule has 0 aliphatic rings. The normalized spacial score (nSPS) is 12.4. The van der Waals surface area contributed by atoms with Crippen LogP contribution < -0.4 is 0 Å². The van der Waals surface area contributed by atoms with E-state index >= 15 is 0 Å². The molecule has 0 atom stereocenters. The third-order valence-corrected chi connectivity index (χ3v) is 9.29. The summed E-state index contributed by atoms with van der Waals surface area (Å²) in [6, 6.07) is 45.4. The van der Waals surface area contributed by atoms with Gasteiger partial charge < -0.3 is 4.42 Å². The lowest BCUT2D eigenvalue weighted by Gasteiger charge is -2.26. The summed E-state index contributed by atoms with van der Waals surface area (Å²) in [5, 5.41) is 2.05. The number of hydrogen-bond acceptors (Lipinski definition) is 3. The molecule has 49 heavy (non-hydrogen) atoms. The minimum Gasteiger partial charge on any atom is -0.438 e. The fraction of sp³-hybridized carbons (Fsp3) is 0.200. The van der Waals surface area contributed by atoms with Crippen molar-refractivity contribution in [3.8, 4) is 39.3 Å². The van der Waals surface area contributed by atoms with Crippen molar-refractivity contribution in [3.63, 3.8) is 0 Å². The highest BCUT2D eigenvalue weighted by Gasteiger charge is 2.25. The minimum absolute atomic E-state index is 0.0560. The Kier molecular flexibility index (Phi) is 7.29. The molecule has 0 radical (unpaired) electrons. The van der Waals surface area contributed by atoms with Gasteiger partial charge >= 0.3 is 0 Å². The van der Waals surface area contributed by atoms with Crippen LogP contribution >= 0.6 is 0 Å². The van der Waals surface area contributed by atoms with Crippen molar-refractivity contribution in [1.82, 2.24) is 14.5 Å². The Hall–Kier alpha value is -5.48. The van der Waals surface area contributed by atoms with Crippen molar-refractivity contribution < 1.29 is 4.42 Å². The van der Waals surface area contributed by atoms with Crippen molar-refractivity contribution in [2.75, 3.05) is 0 Å². The monoisotopic (exact) mass is 639 g/mol. The lowest BCUT2D eigenvalue weighted by Crippen LogP contribution is -2.13. The molecule has 8 rings (SSSR count). The summed E-state index contributed by atoms with van der Waals surface area (Å²) in [6.07, 6.45) is 0.886. The second-order valence-corrected chi connectivity index (χ2v) is 15.4. The Labute approximate surface area is 288 Å². The molecule has 3 aromatic heterocycles. The number of imidazole rings is 1. The van der Waals surface area contributed by atoms with Crippen LogP contribution in [0.2, 0.25) is 0 Å². The molecule has 0 N–H and O–H groups in total. The number of benzene rings is 5. The van der Waals surface area contributed by atoms with Gasteiger partial charge in [-0.05, 0) is 88.5 Å². The van der Waals surface area contributed by atoms with Gasteiger partial charge in [-0.3, -0.25) is 4.57 Å². The molecule has 0 unspecified atom stereocenters. The van der Waals surface area contributed by atoms with Gasteiger partial charge in [-0.15, -0.1) is 0 Å². The maximum atomic E-state index is 6.33. The van der Waals surface area contributed by atoms with E-state index in [1.165, 1.54) is 16.7 Å². The fourth-order valence-corrected chi connectivity index (χ4v) is 6.91. The number of aromatic nitrogens is 3. The Morgan fingerprint density at radius 2 is 1.22 bits per heavy atom. The number of pyridine rings is 1. The zero-order chi connectivity index (χ0) is 33.9. The standard InChI is InChI=1S/C45H41N3O/c1-44(2,3)28-33-22-23-34-37-25-31(21-24-40(37)49-43(34)46-33)42-47-38-19-13-14-20-39(38)48(42)41-35(29-15-9-7-10-16-29)26-32(45(4,5)6)27-36(41)30-17-11-8-12-18-30/h7-27H,28H2,1-6H3. The molecule has 242 valence electrons. The SMILES string of the molecule is CC(C)(C)Cc1ccc2c(n1)oc1ccc(-c3nc4ccccc4n3-c3c(-c4ccccc4)cc(C(C)(C)C)cc3-c3ccccc3)cc12. The maximum absolute atomic E-state index is 6.33. The van der Waals surface area contributed by atoms with E-state index in [0.29, 0.717) is 5.71 Å². The molecule has 0 saturated carbocycles. The van der Waals surface area contributed by atoms with E-state index in [2.05, 4.69) is 174 Å². The van der Waals surface area contributed by atoms with Crippen LogP contribution in [0.15, 0.2) is 132 Å². The highest BCUT2D eigenvalue weighted by atomic mass is 16.3. The molecule has 8 aromatic rings. The van der Waals surface area contributed by atoms with E-state index in [4.69, 9.17) is 14.4 Å². The lowest BCUT2D eigenvalue weighted by molar-refractivity contribution is 0.406. The average Bonchev–Trinajstić information content (AvgIpc) is 3.65. The molecule has 4 nitrogen and oxygen atoms in total. The zero-order valence-electron chi connectivity index (χ0n) is 29.1. The van der Waals surface area contributed by atoms with E-state index < -0.39 is 0 Å². The number of hydrogen-bond donors (Lipinski definition) is 0. The van der Waals surface area contributed by atoms with Crippen LogP contribution in [0.25, 0.3) is 72.4 Å². The number of para-hydroxylation sites is 2. The van der Waals surface area contributed by atoms with E-state index in [9.17, 15) is 0 Å². The molecule has 3 heterocycles. The smallest absolute Gasteiger partial charge is 0.227 e. The molecule has 5 aromatic carbocycles. The van der Waals surface area contributed by atoms with Crippen LogP contribution in [0.4, 0.5) is 0 Å². The van der Waals surface area contributed by atoms with E-state index in [0.717, 1.165) is 67.7 Å². The Balaban J connectivity index is 1.43. The molecule has 0 spiro atoms. The molecule has 0 aliphatic heterocycles. The van der Waals surface area contributed by atoms with Crippen LogP contribution in [0, 0.1) is 5.41 Å². The first-order valence-electron chi connectivity index (χ1n) is 17.1.